The lowest BCUT2D eigenvalue weighted by molar-refractivity contribution is 0.401. The second-order valence-electron chi connectivity index (χ2n) is 8.65. The van der Waals surface area contributed by atoms with Crippen LogP contribution >= 0.6 is 0 Å². The van der Waals surface area contributed by atoms with Gasteiger partial charge in [-0.3, -0.25) is 0 Å². The highest BCUT2D eigenvalue weighted by Gasteiger charge is 2.13. The van der Waals surface area contributed by atoms with Gasteiger partial charge in [-0.05, 0) is 61.5 Å². The van der Waals surface area contributed by atoms with E-state index in [0.717, 1.165) is 24.7 Å². The molecular formula is C28H38. The van der Waals surface area contributed by atoms with Crippen LogP contribution in [0, 0.1) is 11.8 Å². The van der Waals surface area contributed by atoms with Crippen LogP contribution < -0.4 is 0 Å². The van der Waals surface area contributed by atoms with Crippen molar-refractivity contribution in [1.82, 2.24) is 0 Å². The molecule has 0 saturated heterocycles. The Bertz CT molecular complexity index is 583. The minimum atomic E-state index is 0.936. The van der Waals surface area contributed by atoms with Crippen molar-refractivity contribution in [2.24, 2.45) is 11.8 Å². The first-order valence-corrected chi connectivity index (χ1v) is 11.7. The molecule has 0 N–H and O–H groups in total. The Balaban J connectivity index is 0.000000161. The van der Waals surface area contributed by atoms with Gasteiger partial charge in [0, 0.05) is 0 Å². The summed E-state index contributed by atoms with van der Waals surface area (Å²) in [6.07, 6.45) is 22.1. The van der Waals surface area contributed by atoms with Crippen molar-refractivity contribution in [3.05, 3.63) is 83.9 Å². The van der Waals surface area contributed by atoms with E-state index in [-0.39, 0.29) is 0 Å². The van der Waals surface area contributed by atoms with Crippen LogP contribution in [0.2, 0.25) is 0 Å². The minimum absolute atomic E-state index is 0.936. The van der Waals surface area contributed by atoms with Crippen LogP contribution in [0.1, 0.15) is 75.3 Å². The molecule has 2 aromatic rings. The zero-order chi connectivity index (χ0) is 19.3. The van der Waals surface area contributed by atoms with Crippen LogP contribution in [0.5, 0.6) is 0 Å². The molecule has 0 bridgehead atoms. The Morgan fingerprint density at radius 3 is 1.21 bits per heavy atom. The van der Waals surface area contributed by atoms with E-state index in [9.17, 15) is 0 Å². The smallest absolute Gasteiger partial charge is 0.0233 e. The molecule has 4 rings (SSSR count). The highest BCUT2D eigenvalue weighted by atomic mass is 14.2. The number of benzene rings is 2. The molecule has 150 valence electrons. The fourth-order valence-corrected chi connectivity index (χ4v) is 4.55. The normalized spacial score (nSPS) is 18.6. The van der Waals surface area contributed by atoms with E-state index in [2.05, 4.69) is 72.8 Å². The number of hydrogen-bond acceptors (Lipinski definition) is 0. The lowest BCUT2D eigenvalue weighted by atomic mass is 9.85. The van der Waals surface area contributed by atoms with Gasteiger partial charge < -0.3 is 0 Å². The Labute approximate surface area is 173 Å². The monoisotopic (exact) mass is 374 g/mol. The van der Waals surface area contributed by atoms with Gasteiger partial charge in [-0.2, -0.15) is 0 Å². The van der Waals surface area contributed by atoms with Gasteiger partial charge >= 0.3 is 0 Å². The summed E-state index contributed by atoms with van der Waals surface area (Å²) in [7, 11) is 0. The minimum Gasteiger partial charge on any atom is -0.0851 e. The van der Waals surface area contributed by atoms with Crippen molar-refractivity contribution in [3.63, 3.8) is 0 Å². The van der Waals surface area contributed by atoms with Gasteiger partial charge in [0.1, 0.15) is 0 Å². The predicted molar refractivity (Wildman–Crippen MR) is 123 cm³/mol. The fourth-order valence-electron chi connectivity index (χ4n) is 4.55. The molecule has 0 radical (unpaired) electrons. The summed E-state index contributed by atoms with van der Waals surface area (Å²) in [6.45, 7) is 0. The second kappa shape index (κ2) is 12.6. The van der Waals surface area contributed by atoms with Crippen molar-refractivity contribution >= 4 is 0 Å². The van der Waals surface area contributed by atoms with Crippen LogP contribution in [-0.2, 0) is 12.8 Å². The van der Waals surface area contributed by atoms with Gasteiger partial charge in [0.2, 0.25) is 0 Å². The molecule has 0 atom stereocenters. The average Bonchev–Trinajstić information content (AvgIpc) is 2.80. The number of allylic oxidation sites excluding steroid dienone is 2. The van der Waals surface area contributed by atoms with Gasteiger partial charge in [0.25, 0.3) is 0 Å². The van der Waals surface area contributed by atoms with Crippen molar-refractivity contribution < 1.29 is 0 Å². The van der Waals surface area contributed by atoms with Gasteiger partial charge in [0.05, 0.1) is 0 Å². The van der Waals surface area contributed by atoms with Crippen molar-refractivity contribution in [2.45, 2.75) is 77.0 Å². The third-order valence-electron chi connectivity index (χ3n) is 6.34. The molecule has 0 unspecified atom stereocenters. The molecule has 0 aromatic heterocycles. The zero-order valence-corrected chi connectivity index (χ0v) is 17.6. The summed E-state index contributed by atoms with van der Waals surface area (Å²) in [5.41, 5.74) is 2.83. The fraction of sp³-hybridized carbons (Fsp3) is 0.500. The molecular weight excluding hydrogens is 336 g/mol. The molecule has 0 heteroatoms. The number of hydrogen-bond donors (Lipinski definition) is 0. The maximum Gasteiger partial charge on any atom is -0.0233 e. The lowest BCUT2D eigenvalue weighted by Gasteiger charge is -2.21. The highest BCUT2D eigenvalue weighted by molar-refractivity contribution is 5.19. The van der Waals surface area contributed by atoms with Gasteiger partial charge in [-0.15, -0.1) is 0 Å². The molecule has 2 fully saturated rings. The van der Waals surface area contributed by atoms with Crippen LogP contribution in [0.25, 0.3) is 0 Å². The van der Waals surface area contributed by atoms with Crippen LogP contribution in [-0.4, -0.2) is 0 Å². The third-order valence-corrected chi connectivity index (χ3v) is 6.34. The van der Waals surface area contributed by atoms with E-state index in [1.165, 1.54) is 75.3 Å². The van der Waals surface area contributed by atoms with Crippen molar-refractivity contribution in [2.75, 3.05) is 0 Å². The van der Waals surface area contributed by atoms with Gasteiger partial charge in [-0.1, -0.05) is 111 Å². The second-order valence-corrected chi connectivity index (χ2v) is 8.65. The van der Waals surface area contributed by atoms with E-state index >= 15 is 0 Å². The topological polar surface area (TPSA) is 0 Å². The predicted octanol–water partition coefficient (Wildman–Crippen LogP) is 8.18. The Kier molecular flexibility index (Phi) is 9.41. The van der Waals surface area contributed by atoms with Crippen molar-refractivity contribution in [3.8, 4) is 0 Å². The highest BCUT2D eigenvalue weighted by Crippen LogP contribution is 2.28. The summed E-state index contributed by atoms with van der Waals surface area (Å²) < 4.78 is 0. The maximum absolute atomic E-state index is 2.55. The van der Waals surface area contributed by atoms with Crippen LogP contribution in [0.15, 0.2) is 72.8 Å². The molecule has 2 aliphatic rings. The van der Waals surface area contributed by atoms with E-state index < -0.39 is 0 Å². The molecule has 0 spiro atoms. The molecule has 0 amide bonds. The quantitative estimate of drug-likeness (QED) is 0.463. The summed E-state index contributed by atoms with van der Waals surface area (Å²) in [4.78, 5) is 0. The first-order chi connectivity index (χ1) is 13.9. The molecule has 0 nitrogen and oxygen atoms in total. The zero-order valence-electron chi connectivity index (χ0n) is 17.6. The van der Waals surface area contributed by atoms with Crippen LogP contribution in [0.4, 0.5) is 0 Å². The summed E-state index contributed by atoms with van der Waals surface area (Å²) in [5, 5.41) is 0. The standard InChI is InChI=1S/C14H24.C14H14/c2*1-3-7-13(8-4-1)11-12-14-9-5-2-6-10-14/h11-14H,1-10H2;1-10H,11-12H2. The molecule has 28 heavy (non-hydrogen) atoms. The lowest BCUT2D eigenvalue weighted by Crippen LogP contribution is -2.06. The summed E-state index contributed by atoms with van der Waals surface area (Å²) >= 11 is 0. The maximum atomic E-state index is 2.55. The number of rotatable bonds is 5. The molecule has 2 aliphatic carbocycles. The SMILES string of the molecule is C(=CC1CCCCC1)C1CCCCC1.c1ccc(CCc2ccccc2)cc1. The molecule has 2 aromatic carbocycles. The number of aryl methyl sites for hydroxylation is 2. The van der Waals surface area contributed by atoms with Crippen LogP contribution in [0.3, 0.4) is 0 Å². The largest absolute Gasteiger partial charge is 0.0851 e. The Morgan fingerprint density at radius 2 is 0.857 bits per heavy atom. The van der Waals surface area contributed by atoms with E-state index in [1.54, 1.807) is 0 Å². The van der Waals surface area contributed by atoms with E-state index in [0.29, 0.717) is 0 Å². The first-order valence-electron chi connectivity index (χ1n) is 11.7. The molecule has 2 saturated carbocycles. The Hall–Kier alpha value is -1.82. The third kappa shape index (κ3) is 8.05. The van der Waals surface area contributed by atoms with Gasteiger partial charge in [-0.25, -0.2) is 0 Å². The Morgan fingerprint density at radius 1 is 0.500 bits per heavy atom. The average molecular weight is 375 g/mol. The summed E-state index contributed by atoms with van der Waals surface area (Å²) in [5.74, 6) is 1.87. The van der Waals surface area contributed by atoms with Crippen molar-refractivity contribution in [1.29, 1.82) is 0 Å². The van der Waals surface area contributed by atoms with E-state index in [1.807, 2.05) is 0 Å². The molecule has 0 aliphatic heterocycles. The summed E-state index contributed by atoms with van der Waals surface area (Å²) in [6, 6.07) is 21.2. The molecule has 0 heterocycles. The first kappa shape index (κ1) is 20.9. The van der Waals surface area contributed by atoms with E-state index in [4.69, 9.17) is 0 Å². The van der Waals surface area contributed by atoms with Gasteiger partial charge in [0.15, 0.2) is 0 Å².